The fourth-order valence-corrected chi connectivity index (χ4v) is 4.04. The molecule has 0 bridgehead atoms. The Morgan fingerprint density at radius 3 is 2.77 bits per heavy atom. The average Bonchev–Trinajstić information content (AvgIpc) is 3.26. The van der Waals surface area contributed by atoms with Gasteiger partial charge < -0.3 is 19.5 Å². The number of nitrogens with zero attached hydrogens (tertiary/aromatic N) is 6. The molecule has 2 atom stereocenters. The molecular formula is C22H30F2N8O3. The first-order valence-corrected chi connectivity index (χ1v) is 11.5. The van der Waals surface area contributed by atoms with Crippen LogP contribution in [0.3, 0.4) is 0 Å². The Hall–Kier alpha value is -3.03. The SMILES string of the molecule is COC[C@@H](C)Oc1nc(C(O)NCC(C)(F)F)nc(N2CCC(c3[nH]nc4ncccc34)CC2)n1. The molecule has 0 saturated carbocycles. The van der Waals surface area contributed by atoms with Crippen LogP contribution < -0.4 is 15.0 Å². The molecule has 4 rings (SSSR count). The molecule has 0 amide bonds. The molecule has 1 aliphatic heterocycles. The van der Waals surface area contributed by atoms with Crippen LogP contribution in [0.15, 0.2) is 18.3 Å². The van der Waals surface area contributed by atoms with E-state index < -0.39 is 18.7 Å². The number of alkyl halides is 2. The van der Waals surface area contributed by atoms with Crippen LogP contribution >= 0.6 is 0 Å². The molecule has 35 heavy (non-hydrogen) atoms. The van der Waals surface area contributed by atoms with Crippen molar-refractivity contribution in [3.63, 3.8) is 0 Å². The number of aliphatic hydroxyl groups excluding tert-OH is 1. The maximum atomic E-state index is 13.3. The van der Waals surface area contributed by atoms with Crippen LogP contribution in [0.25, 0.3) is 11.0 Å². The highest BCUT2D eigenvalue weighted by Crippen LogP contribution is 2.32. The van der Waals surface area contributed by atoms with Gasteiger partial charge in [-0.05, 0) is 31.9 Å². The van der Waals surface area contributed by atoms with Gasteiger partial charge in [0, 0.05) is 50.3 Å². The van der Waals surface area contributed by atoms with E-state index in [-0.39, 0.29) is 23.9 Å². The Bertz CT molecular complexity index is 1120. The second kappa shape index (κ2) is 10.7. The highest BCUT2D eigenvalue weighted by molar-refractivity contribution is 5.77. The molecule has 3 aromatic rings. The number of rotatable bonds is 10. The van der Waals surface area contributed by atoms with Crippen molar-refractivity contribution in [1.82, 2.24) is 35.5 Å². The molecule has 1 aliphatic rings. The van der Waals surface area contributed by atoms with Crippen molar-refractivity contribution in [2.75, 3.05) is 38.3 Å². The highest BCUT2D eigenvalue weighted by Gasteiger charge is 2.28. The molecule has 11 nitrogen and oxygen atoms in total. The molecule has 0 radical (unpaired) electrons. The van der Waals surface area contributed by atoms with E-state index >= 15 is 0 Å². The number of methoxy groups -OCH3 is 1. The van der Waals surface area contributed by atoms with E-state index in [0.29, 0.717) is 31.3 Å². The van der Waals surface area contributed by atoms with E-state index in [4.69, 9.17) is 9.47 Å². The van der Waals surface area contributed by atoms with E-state index in [1.807, 2.05) is 17.0 Å². The van der Waals surface area contributed by atoms with Crippen molar-refractivity contribution in [1.29, 1.82) is 0 Å². The van der Waals surface area contributed by atoms with Gasteiger partial charge in [0.1, 0.15) is 6.10 Å². The first-order valence-electron chi connectivity index (χ1n) is 11.5. The van der Waals surface area contributed by atoms with Gasteiger partial charge in [-0.3, -0.25) is 10.4 Å². The number of H-pyrrole nitrogens is 1. The molecule has 3 N–H and O–H groups in total. The quantitative estimate of drug-likeness (QED) is 0.362. The van der Waals surface area contributed by atoms with Crippen LogP contribution in [0.2, 0.25) is 0 Å². The van der Waals surface area contributed by atoms with Gasteiger partial charge in [0.05, 0.1) is 13.2 Å². The van der Waals surface area contributed by atoms with Gasteiger partial charge in [-0.25, -0.2) is 13.8 Å². The lowest BCUT2D eigenvalue weighted by Gasteiger charge is -2.32. The van der Waals surface area contributed by atoms with Crippen LogP contribution in [-0.2, 0) is 4.74 Å². The highest BCUT2D eigenvalue weighted by atomic mass is 19.3. The predicted molar refractivity (Wildman–Crippen MR) is 123 cm³/mol. The number of pyridine rings is 1. The summed E-state index contributed by atoms with van der Waals surface area (Å²) in [7, 11) is 1.55. The zero-order valence-corrected chi connectivity index (χ0v) is 19.9. The molecular weight excluding hydrogens is 462 g/mol. The Morgan fingerprint density at radius 2 is 2.06 bits per heavy atom. The maximum absolute atomic E-state index is 13.3. The van der Waals surface area contributed by atoms with Gasteiger partial charge in [0.2, 0.25) is 5.95 Å². The summed E-state index contributed by atoms with van der Waals surface area (Å²) in [5.74, 6) is -2.52. The molecule has 1 saturated heterocycles. The second-order valence-electron chi connectivity index (χ2n) is 8.79. The number of aromatic nitrogens is 6. The van der Waals surface area contributed by atoms with E-state index in [2.05, 4.69) is 35.5 Å². The summed E-state index contributed by atoms with van der Waals surface area (Å²) in [5, 5.41) is 21.2. The number of fused-ring (bicyclic) bond motifs is 1. The van der Waals surface area contributed by atoms with E-state index in [9.17, 15) is 13.9 Å². The lowest BCUT2D eigenvalue weighted by molar-refractivity contribution is 0.00181. The zero-order chi connectivity index (χ0) is 25.0. The monoisotopic (exact) mass is 492 g/mol. The number of aliphatic hydroxyl groups is 1. The number of hydrogen-bond donors (Lipinski definition) is 3. The van der Waals surface area contributed by atoms with Crippen LogP contribution in [0.4, 0.5) is 14.7 Å². The van der Waals surface area contributed by atoms with Gasteiger partial charge in [-0.1, -0.05) is 0 Å². The molecule has 1 unspecified atom stereocenters. The normalized spacial score (nSPS) is 17.0. The van der Waals surface area contributed by atoms with Gasteiger partial charge in [-0.15, -0.1) is 0 Å². The van der Waals surface area contributed by atoms with Gasteiger partial charge >= 0.3 is 6.01 Å². The topological polar surface area (TPSA) is 134 Å². The van der Waals surface area contributed by atoms with Crippen molar-refractivity contribution in [3.05, 3.63) is 29.8 Å². The second-order valence-corrected chi connectivity index (χ2v) is 8.79. The lowest BCUT2D eigenvalue weighted by atomic mass is 9.92. The summed E-state index contributed by atoms with van der Waals surface area (Å²) < 4.78 is 37.4. The van der Waals surface area contributed by atoms with Crippen molar-refractivity contribution >= 4 is 17.0 Å². The smallest absolute Gasteiger partial charge is 0.321 e. The molecule has 190 valence electrons. The summed E-state index contributed by atoms with van der Waals surface area (Å²) in [6, 6.07) is 3.89. The Balaban J connectivity index is 1.51. The number of anilines is 1. The standard InChI is InChI=1S/C22H30F2N8O3/c1-13(11-34-3)35-21-28-18(19(33)26-12-22(2,23)24)27-20(29-21)32-9-6-14(7-10-32)16-15-5-4-8-25-17(15)31-30-16/h4-5,8,13-14,19,26,33H,6-7,9-12H2,1-3H3,(H,25,30,31)/t13-,19?/m1/s1. The minimum atomic E-state index is -3.00. The average molecular weight is 493 g/mol. The number of piperidine rings is 1. The summed E-state index contributed by atoms with van der Waals surface area (Å²) in [4.78, 5) is 19.2. The van der Waals surface area contributed by atoms with Crippen molar-refractivity contribution in [3.8, 4) is 6.01 Å². The number of hydrogen-bond acceptors (Lipinski definition) is 10. The van der Waals surface area contributed by atoms with E-state index in [0.717, 1.165) is 30.8 Å². The van der Waals surface area contributed by atoms with Crippen molar-refractivity contribution < 1.29 is 23.4 Å². The van der Waals surface area contributed by atoms with Crippen molar-refractivity contribution in [2.24, 2.45) is 0 Å². The van der Waals surface area contributed by atoms with E-state index in [1.165, 1.54) is 0 Å². The minimum absolute atomic E-state index is 0.00795. The van der Waals surface area contributed by atoms with Crippen LogP contribution in [-0.4, -0.2) is 80.6 Å². The number of halogens is 2. The molecule has 1 fully saturated rings. The number of ether oxygens (including phenoxy) is 2. The first kappa shape index (κ1) is 25.1. The Morgan fingerprint density at radius 1 is 1.29 bits per heavy atom. The first-order chi connectivity index (χ1) is 16.7. The molecule has 4 heterocycles. The fourth-order valence-electron chi connectivity index (χ4n) is 4.04. The van der Waals surface area contributed by atoms with Gasteiger partial charge in [0.15, 0.2) is 17.7 Å². The van der Waals surface area contributed by atoms with Crippen LogP contribution in [0, 0.1) is 0 Å². The number of nitrogens with one attached hydrogen (secondary N) is 2. The third-order valence-corrected chi connectivity index (χ3v) is 5.72. The zero-order valence-electron chi connectivity index (χ0n) is 19.9. The van der Waals surface area contributed by atoms with Crippen LogP contribution in [0.5, 0.6) is 6.01 Å². The molecule has 13 heteroatoms. The third-order valence-electron chi connectivity index (χ3n) is 5.72. The summed E-state index contributed by atoms with van der Waals surface area (Å²) >= 11 is 0. The Kier molecular flexibility index (Phi) is 7.67. The molecule has 0 spiro atoms. The molecule has 0 aliphatic carbocycles. The fraction of sp³-hybridized carbons (Fsp3) is 0.591. The lowest BCUT2D eigenvalue weighted by Crippen LogP contribution is -2.36. The van der Waals surface area contributed by atoms with Gasteiger partial charge in [0.25, 0.3) is 5.92 Å². The predicted octanol–water partition coefficient (Wildman–Crippen LogP) is 2.18. The van der Waals surface area contributed by atoms with E-state index in [1.54, 1.807) is 20.2 Å². The van der Waals surface area contributed by atoms with Crippen molar-refractivity contribution in [2.45, 2.75) is 50.9 Å². The summed E-state index contributed by atoms with van der Waals surface area (Å²) in [6.07, 6.45) is 1.47. The summed E-state index contributed by atoms with van der Waals surface area (Å²) in [5.41, 5.74) is 1.75. The number of aromatic amines is 1. The molecule has 0 aromatic carbocycles. The third kappa shape index (κ3) is 6.35. The summed E-state index contributed by atoms with van der Waals surface area (Å²) in [6.45, 7) is 3.39. The maximum Gasteiger partial charge on any atom is 0.321 e. The largest absolute Gasteiger partial charge is 0.458 e. The molecule has 3 aromatic heterocycles. The Labute approximate surface area is 201 Å². The van der Waals surface area contributed by atoms with Gasteiger partial charge in [-0.2, -0.15) is 20.1 Å². The van der Waals surface area contributed by atoms with Crippen LogP contribution in [0.1, 0.15) is 50.4 Å². The minimum Gasteiger partial charge on any atom is -0.458 e.